The van der Waals surface area contributed by atoms with E-state index >= 15 is 0 Å². The largest absolute Gasteiger partial charge is 0.379 e. The predicted molar refractivity (Wildman–Crippen MR) is 134 cm³/mol. The van der Waals surface area contributed by atoms with Gasteiger partial charge in [0.2, 0.25) is 0 Å². The Kier molecular flexibility index (Phi) is 9.06. The van der Waals surface area contributed by atoms with Crippen LogP contribution in [0.4, 0.5) is 14.5 Å². The van der Waals surface area contributed by atoms with Crippen molar-refractivity contribution in [1.29, 1.82) is 0 Å². The number of hydrogen-bond acceptors (Lipinski definition) is 4. The van der Waals surface area contributed by atoms with Gasteiger partial charge < -0.3 is 20.3 Å². The lowest BCUT2D eigenvalue weighted by Crippen LogP contribution is -2.51. The molecule has 0 aromatic heterocycles. The van der Waals surface area contributed by atoms with E-state index in [1.54, 1.807) is 12.1 Å². The summed E-state index contributed by atoms with van der Waals surface area (Å²) in [6.07, 6.45) is 0. The van der Waals surface area contributed by atoms with E-state index in [9.17, 15) is 8.78 Å². The molecule has 0 spiro atoms. The molecule has 6 nitrogen and oxygen atoms in total. The normalized spacial score (nSPS) is 18.9. The molecule has 0 radical (unpaired) electrons. The molecule has 0 saturated carbocycles. The first kappa shape index (κ1) is 24.7. The molecule has 0 amide bonds. The highest BCUT2D eigenvalue weighted by molar-refractivity contribution is 14.0. The fraction of sp³-hybridized carbons (Fsp3) is 0.435. The van der Waals surface area contributed by atoms with Gasteiger partial charge in [-0.15, -0.1) is 24.0 Å². The van der Waals surface area contributed by atoms with Crippen molar-refractivity contribution in [1.82, 2.24) is 9.80 Å². The molecule has 0 aliphatic carbocycles. The Morgan fingerprint density at radius 1 is 0.875 bits per heavy atom. The monoisotopic (exact) mass is 557 g/mol. The lowest BCUT2D eigenvalue weighted by Gasteiger charge is -2.37. The summed E-state index contributed by atoms with van der Waals surface area (Å²) >= 11 is 0. The van der Waals surface area contributed by atoms with Crippen molar-refractivity contribution in [3.8, 4) is 0 Å². The zero-order valence-electron chi connectivity index (χ0n) is 18.0. The van der Waals surface area contributed by atoms with Gasteiger partial charge in [-0.05, 0) is 42.0 Å². The first-order valence-electron chi connectivity index (χ1n) is 10.7. The fourth-order valence-corrected chi connectivity index (χ4v) is 4.13. The van der Waals surface area contributed by atoms with E-state index in [2.05, 4.69) is 14.7 Å². The second-order valence-corrected chi connectivity index (χ2v) is 7.87. The molecule has 2 aromatic carbocycles. The third-order valence-electron chi connectivity index (χ3n) is 5.96. The molecule has 2 fully saturated rings. The first-order chi connectivity index (χ1) is 15.1. The van der Waals surface area contributed by atoms with Gasteiger partial charge in [-0.3, -0.25) is 9.89 Å². The van der Waals surface area contributed by atoms with Gasteiger partial charge in [-0.1, -0.05) is 12.1 Å². The summed E-state index contributed by atoms with van der Waals surface area (Å²) in [5.74, 6) is 0.0559. The number of ether oxygens (including phenoxy) is 1. The first-order valence-corrected chi connectivity index (χ1v) is 10.7. The summed E-state index contributed by atoms with van der Waals surface area (Å²) in [7, 11) is 0. The van der Waals surface area contributed by atoms with Crippen LogP contribution in [0.5, 0.6) is 0 Å². The number of halogens is 3. The standard InChI is InChI=1S/C23H29F2N5O.HI/c24-19-3-1-18(2-4-19)22(29-13-15-31-16-14-29)17-27-23(26)30-11-9-28(10-12-30)21-7-5-20(25)6-8-21;/h1-8,22H,9-17H2,(H2,26,27);1H. The van der Waals surface area contributed by atoms with Crippen LogP contribution in [0.25, 0.3) is 0 Å². The summed E-state index contributed by atoms with van der Waals surface area (Å²) in [6.45, 7) is 6.61. The number of anilines is 1. The van der Waals surface area contributed by atoms with Gasteiger partial charge in [-0.25, -0.2) is 8.78 Å². The third kappa shape index (κ3) is 6.29. The minimum atomic E-state index is -0.244. The molecular formula is C23H30F2IN5O. The van der Waals surface area contributed by atoms with E-state index in [-0.39, 0.29) is 41.7 Å². The van der Waals surface area contributed by atoms with E-state index in [1.165, 1.54) is 24.3 Å². The molecular weight excluding hydrogens is 527 g/mol. The minimum Gasteiger partial charge on any atom is -0.379 e. The average molecular weight is 557 g/mol. The zero-order valence-corrected chi connectivity index (χ0v) is 20.3. The Balaban J connectivity index is 0.00000289. The number of benzene rings is 2. The maximum Gasteiger partial charge on any atom is 0.191 e. The number of guanidine groups is 1. The van der Waals surface area contributed by atoms with Gasteiger partial charge in [0.1, 0.15) is 11.6 Å². The van der Waals surface area contributed by atoms with Gasteiger partial charge in [0.05, 0.1) is 25.8 Å². The molecule has 9 heteroatoms. The van der Waals surface area contributed by atoms with Gasteiger partial charge in [0.25, 0.3) is 0 Å². The molecule has 1 atom stereocenters. The molecule has 2 saturated heterocycles. The van der Waals surface area contributed by atoms with Crippen LogP contribution in [0, 0.1) is 11.6 Å². The highest BCUT2D eigenvalue weighted by atomic mass is 127. The number of rotatable bonds is 5. The lowest BCUT2D eigenvalue weighted by atomic mass is 10.0. The molecule has 0 bridgehead atoms. The highest BCUT2D eigenvalue weighted by Gasteiger charge is 2.24. The number of nitrogens with two attached hydrogens (primary N) is 1. The quantitative estimate of drug-likeness (QED) is 0.348. The average Bonchev–Trinajstić information content (AvgIpc) is 2.81. The molecule has 2 aliphatic rings. The number of piperazine rings is 1. The fourth-order valence-electron chi connectivity index (χ4n) is 4.13. The summed E-state index contributed by atoms with van der Waals surface area (Å²) < 4.78 is 32.1. The lowest BCUT2D eigenvalue weighted by molar-refractivity contribution is 0.0179. The van der Waals surface area contributed by atoms with Crippen LogP contribution < -0.4 is 10.6 Å². The van der Waals surface area contributed by atoms with Crippen LogP contribution in [-0.2, 0) is 4.74 Å². The van der Waals surface area contributed by atoms with E-state index in [1.807, 2.05) is 12.1 Å². The number of morpholine rings is 1. The molecule has 2 aromatic rings. The topological polar surface area (TPSA) is 57.3 Å². The van der Waals surface area contributed by atoms with E-state index in [0.717, 1.165) is 50.5 Å². The van der Waals surface area contributed by atoms with Crippen molar-refractivity contribution in [3.05, 3.63) is 65.7 Å². The van der Waals surface area contributed by atoms with Gasteiger partial charge in [0, 0.05) is 45.0 Å². The summed E-state index contributed by atoms with van der Waals surface area (Å²) in [5, 5.41) is 0. The van der Waals surface area contributed by atoms with Crippen molar-refractivity contribution >= 4 is 35.6 Å². The molecule has 4 rings (SSSR count). The molecule has 2 heterocycles. The molecule has 2 aliphatic heterocycles. The van der Waals surface area contributed by atoms with Crippen LogP contribution in [0.2, 0.25) is 0 Å². The second kappa shape index (κ2) is 11.8. The van der Waals surface area contributed by atoms with Gasteiger partial charge in [0.15, 0.2) is 5.96 Å². The van der Waals surface area contributed by atoms with Crippen LogP contribution in [0.3, 0.4) is 0 Å². The SMILES string of the molecule is I.NC(=NCC(c1ccc(F)cc1)N1CCOCC1)N1CCN(c2ccc(F)cc2)CC1. The zero-order chi connectivity index (χ0) is 21.6. The second-order valence-electron chi connectivity index (χ2n) is 7.87. The molecule has 2 N–H and O–H groups in total. The number of nitrogens with zero attached hydrogens (tertiary/aromatic N) is 4. The maximum absolute atomic E-state index is 13.4. The Morgan fingerprint density at radius 3 is 2.03 bits per heavy atom. The van der Waals surface area contributed by atoms with Crippen LogP contribution in [0.15, 0.2) is 53.5 Å². The van der Waals surface area contributed by atoms with Crippen LogP contribution >= 0.6 is 24.0 Å². The van der Waals surface area contributed by atoms with Crippen molar-refractivity contribution in [3.63, 3.8) is 0 Å². The smallest absolute Gasteiger partial charge is 0.191 e. The summed E-state index contributed by atoms with van der Waals surface area (Å²) in [5.41, 5.74) is 8.38. The van der Waals surface area contributed by atoms with Crippen molar-refractivity contribution in [2.24, 2.45) is 10.7 Å². The number of aliphatic imine (C=N–C) groups is 1. The number of hydrogen-bond donors (Lipinski definition) is 1. The van der Waals surface area contributed by atoms with Crippen LogP contribution in [-0.4, -0.2) is 74.8 Å². The Morgan fingerprint density at radius 2 is 1.44 bits per heavy atom. The Bertz CT molecular complexity index is 867. The Labute approximate surface area is 205 Å². The minimum absolute atomic E-state index is 0. The van der Waals surface area contributed by atoms with Crippen molar-refractivity contribution in [2.75, 3.05) is 63.9 Å². The van der Waals surface area contributed by atoms with Crippen molar-refractivity contribution < 1.29 is 13.5 Å². The molecule has 174 valence electrons. The van der Waals surface area contributed by atoms with Crippen molar-refractivity contribution in [2.45, 2.75) is 6.04 Å². The maximum atomic E-state index is 13.4. The van der Waals surface area contributed by atoms with E-state index in [0.29, 0.717) is 25.7 Å². The molecule has 32 heavy (non-hydrogen) atoms. The molecule has 1 unspecified atom stereocenters. The predicted octanol–water partition coefficient (Wildman–Crippen LogP) is 3.09. The summed E-state index contributed by atoms with van der Waals surface area (Å²) in [4.78, 5) is 11.3. The van der Waals surface area contributed by atoms with E-state index in [4.69, 9.17) is 15.5 Å². The Hall–Kier alpha value is -1.98. The third-order valence-corrected chi connectivity index (χ3v) is 5.96. The van der Waals surface area contributed by atoms with Gasteiger partial charge in [-0.2, -0.15) is 0 Å². The highest BCUT2D eigenvalue weighted by Crippen LogP contribution is 2.23. The van der Waals surface area contributed by atoms with E-state index < -0.39 is 0 Å². The van der Waals surface area contributed by atoms with Crippen LogP contribution in [0.1, 0.15) is 11.6 Å². The summed E-state index contributed by atoms with van der Waals surface area (Å²) in [6, 6.07) is 13.2. The van der Waals surface area contributed by atoms with Gasteiger partial charge >= 0.3 is 0 Å².